The topological polar surface area (TPSA) is 134 Å². The first-order chi connectivity index (χ1) is 17.7. The molecule has 37 heavy (non-hydrogen) atoms. The minimum atomic E-state index is -1.22. The zero-order valence-corrected chi connectivity index (χ0v) is 21.9. The van der Waals surface area contributed by atoms with Crippen LogP contribution in [0.4, 0.5) is 4.79 Å². The highest BCUT2D eigenvalue weighted by atomic mass is 16.6. The number of hydrogen-bond donors (Lipinski definition) is 4. The van der Waals surface area contributed by atoms with E-state index in [0.717, 1.165) is 31.2 Å². The molecule has 9 nitrogen and oxygen atoms in total. The van der Waals surface area contributed by atoms with Gasteiger partial charge in [0, 0.05) is 18.9 Å². The van der Waals surface area contributed by atoms with Crippen LogP contribution in [0.3, 0.4) is 0 Å². The number of amides is 3. The number of carboxylic acid groups (broad SMARTS) is 1. The van der Waals surface area contributed by atoms with Gasteiger partial charge in [0.05, 0.1) is 0 Å². The maximum Gasteiger partial charge on any atom is 0.408 e. The Morgan fingerprint density at radius 2 is 1.73 bits per heavy atom. The van der Waals surface area contributed by atoms with Crippen LogP contribution in [0.5, 0.6) is 0 Å². The molecule has 1 aromatic rings. The Balaban J connectivity index is 1.65. The van der Waals surface area contributed by atoms with Crippen molar-refractivity contribution in [1.29, 1.82) is 0 Å². The fourth-order valence-corrected chi connectivity index (χ4v) is 5.32. The molecule has 2 fully saturated rings. The maximum atomic E-state index is 13.1. The van der Waals surface area contributed by atoms with Crippen LogP contribution in [-0.2, 0) is 25.5 Å². The van der Waals surface area contributed by atoms with E-state index in [-0.39, 0.29) is 30.3 Å². The molecule has 1 unspecified atom stereocenters. The Labute approximate surface area is 219 Å². The van der Waals surface area contributed by atoms with E-state index in [1.54, 1.807) is 0 Å². The van der Waals surface area contributed by atoms with Gasteiger partial charge < -0.3 is 25.8 Å². The van der Waals surface area contributed by atoms with Gasteiger partial charge in [-0.1, -0.05) is 63.4 Å². The van der Waals surface area contributed by atoms with Gasteiger partial charge in [0.2, 0.25) is 11.8 Å². The Bertz CT molecular complexity index is 916. The highest BCUT2D eigenvalue weighted by Gasteiger charge is 2.34. The van der Waals surface area contributed by atoms with Gasteiger partial charge in [0.1, 0.15) is 18.2 Å². The lowest BCUT2D eigenvalue weighted by Crippen LogP contribution is -2.53. The zero-order chi connectivity index (χ0) is 26.8. The van der Waals surface area contributed by atoms with Crippen molar-refractivity contribution in [2.75, 3.05) is 6.54 Å². The molecule has 3 rings (SSSR count). The first kappa shape index (κ1) is 28.5. The second kappa shape index (κ2) is 14.0. The Hall–Kier alpha value is -3.10. The lowest BCUT2D eigenvalue weighted by Gasteiger charge is -2.31. The number of rotatable bonds is 12. The minimum Gasteiger partial charge on any atom is -0.480 e. The summed E-state index contributed by atoms with van der Waals surface area (Å²) in [6.07, 6.45) is 5.87. The summed E-state index contributed by atoms with van der Waals surface area (Å²) in [4.78, 5) is 49.9. The molecule has 1 heterocycles. The van der Waals surface area contributed by atoms with Crippen LogP contribution >= 0.6 is 0 Å². The molecule has 1 saturated carbocycles. The summed E-state index contributed by atoms with van der Waals surface area (Å²) in [6.45, 7) is 4.34. The van der Waals surface area contributed by atoms with Gasteiger partial charge in [0.25, 0.3) is 0 Å². The van der Waals surface area contributed by atoms with E-state index in [1.807, 2.05) is 44.2 Å². The number of benzene rings is 1. The smallest absolute Gasteiger partial charge is 0.408 e. The SMILES string of the molecule is CC(C)C[C@H](NC(=O)OC(Cc1ccccc1)C1CCCCC1)C(=O)N[C@@H](C[C@@H]1CCNC1=O)C(=O)O. The molecule has 0 radical (unpaired) electrons. The predicted molar refractivity (Wildman–Crippen MR) is 139 cm³/mol. The molecule has 1 saturated heterocycles. The standard InChI is InChI=1S/C28H41N3O6/c1-18(2)15-22(26(33)30-23(27(34)35)17-21-13-14-29-25(21)32)31-28(36)37-24(20-11-7-4-8-12-20)16-19-9-5-3-6-10-19/h3,5-6,9-10,18,20-24H,4,7-8,11-17H2,1-2H3,(H,29,32)(H,30,33)(H,31,36)(H,34,35)/t21-,22-,23-,24?/m0/s1. The number of ether oxygens (including phenoxy) is 1. The molecule has 4 atom stereocenters. The lowest BCUT2D eigenvalue weighted by molar-refractivity contribution is -0.143. The molecule has 1 aliphatic carbocycles. The molecular formula is C28H41N3O6. The van der Waals surface area contributed by atoms with Crippen molar-refractivity contribution in [3.8, 4) is 0 Å². The molecule has 0 aromatic heterocycles. The van der Waals surface area contributed by atoms with Crippen LogP contribution in [0, 0.1) is 17.8 Å². The summed E-state index contributed by atoms with van der Waals surface area (Å²) in [5, 5.41) is 17.6. The van der Waals surface area contributed by atoms with Crippen molar-refractivity contribution >= 4 is 23.9 Å². The summed E-state index contributed by atoms with van der Waals surface area (Å²) < 4.78 is 5.93. The van der Waals surface area contributed by atoms with Crippen molar-refractivity contribution in [1.82, 2.24) is 16.0 Å². The molecule has 3 amide bonds. The molecule has 1 aromatic carbocycles. The fourth-order valence-electron chi connectivity index (χ4n) is 5.32. The number of carbonyl (C=O) groups excluding carboxylic acids is 3. The van der Waals surface area contributed by atoms with Gasteiger partial charge in [0.15, 0.2) is 0 Å². The fraction of sp³-hybridized carbons (Fsp3) is 0.643. The molecule has 204 valence electrons. The Morgan fingerprint density at radius 1 is 1.03 bits per heavy atom. The molecule has 0 spiro atoms. The molecule has 0 bridgehead atoms. The summed E-state index contributed by atoms with van der Waals surface area (Å²) in [5.41, 5.74) is 1.09. The summed E-state index contributed by atoms with van der Waals surface area (Å²) >= 11 is 0. The van der Waals surface area contributed by atoms with Crippen LogP contribution in [0.2, 0.25) is 0 Å². The van der Waals surface area contributed by atoms with Gasteiger partial charge in [-0.15, -0.1) is 0 Å². The highest BCUT2D eigenvalue weighted by molar-refractivity contribution is 5.90. The third kappa shape index (κ3) is 9.05. The zero-order valence-electron chi connectivity index (χ0n) is 21.9. The average molecular weight is 516 g/mol. The first-order valence-corrected chi connectivity index (χ1v) is 13.5. The van der Waals surface area contributed by atoms with E-state index < -0.39 is 36.0 Å². The van der Waals surface area contributed by atoms with Gasteiger partial charge in [-0.3, -0.25) is 9.59 Å². The number of hydrogen-bond acceptors (Lipinski definition) is 5. The normalized spacial score (nSPS) is 20.5. The second-order valence-electron chi connectivity index (χ2n) is 10.8. The monoisotopic (exact) mass is 515 g/mol. The van der Waals surface area contributed by atoms with Crippen molar-refractivity contribution in [3.63, 3.8) is 0 Å². The third-order valence-electron chi connectivity index (χ3n) is 7.33. The summed E-state index contributed by atoms with van der Waals surface area (Å²) in [6, 6.07) is 7.74. The van der Waals surface area contributed by atoms with Gasteiger partial charge in [-0.2, -0.15) is 0 Å². The van der Waals surface area contributed by atoms with E-state index in [1.165, 1.54) is 6.42 Å². The number of alkyl carbamates (subject to hydrolysis) is 1. The van der Waals surface area contributed by atoms with E-state index in [2.05, 4.69) is 16.0 Å². The van der Waals surface area contributed by atoms with Crippen molar-refractivity contribution in [2.45, 2.75) is 89.8 Å². The average Bonchev–Trinajstić information content (AvgIpc) is 3.27. The summed E-state index contributed by atoms with van der Waals surface area (Å²) in [5.74, 6) is -2.14. The van der Waals surface area contributed by atoms with Crippen LogP contribution in [-0.4, -0.2) is 53.7 Å². The third-order valence-corrected chi connectivity index (χ3v) is 7.33. The molecule has 2 aliphatic rings. The van der Waals surface area contributed by atoms with E-state index in [4.69, 9.17) is 4.74 Å². The summed E-state index contributed by atoms with van der Waals surface area (Å²) in [7, 11) is 0. The number of carbonyl (C=O) groups is 4. The molecular weight excluding hydrogens is 474 g/mol. The first-order valence-electron chi connectivity index (χ1n) is 13.5. The minimum absolute atomic E-state index is 0.00653. The predicted octanol–water partition coefficient (Wildman–Crippen LogP) is 3.41. The number of aliphatic carboxylic acids is 1. The Morgan fingerprint density at radius 3 is 2.32 bits per heavy atom. The van der Waals surface area contributed by atoms with Gasteiger partial charge >= 0.3 is 12.1 Å². The Kier molecular flexibility index (Phi) is 10.8. The maximum absolute atomic E-state index is 13.1. The highest BCUT2D eigenvalue weighted by Crippen LogP contribution is 2.30. The molecule has 9 heteroatoms. The van der Waals surface area contributed by atoms with Crippen LogP contribution in [0.15, 0.2) is 30.3 Å². The van der Waals surface area contributed by atoms with Crippen LogP contribution < -0.4 is 16.0 Å². The molecule has 1 aliphatic heterocycles. The molecule has 4 N–H and O–H groups in total. The van der Waals surface area contributed by atoms with Crippen LogP contribution in [0.1, 0.15) is 70.8 Å². The van der Waals surface area contributed by atoms with E-state index >= 15 is 0 Å². The van der Waals surface area contributed by atoms with Crippen molar-refractivity contribution < 1.29 is 29.0 Å². The quantitative estimate of drug-likeness (QED) is 0.337. The van der Waals surface area contributed by atoms with Crippen LogP contribution in [0.25, 0.3) is 0 Å². The largest absolute Gasteiger partial charge is 0.480 e. The number of carboxylic acids is 1. The van der Waals surface area contributed by atoms with Gasteiger partial charge in [-0.05, 0) is 49.5 Å². The second-order valence-corrected chi connectivity index (χ2v) is 10.8. The van der Waals surface area contributed by atoms with Gasteiger partial charge in [-0.25, -0.2) is 9.59 Å². The lowest BCUT2D eigenvalue weighted by atomic mass is 9.83. The van der Waals surface area contributed by atoms with E-state index in [9.17, 15) is 24.3 Å². The number of nitrogens with one attached hydrogen (secondary N) is 3. The van der Waals surface area contributed by atoms with Crippen molar-refractivity contribution in [3.05, 3.63) is 35.9 Å². The van der Waals surface area contributed by atoms with E-state index in [0.29, 0.717) is 25.8 Å². The van der Waals surface area contributed by atoms with Crippen molar-refractivity contribution in [2.24, 2.45) is 17.8 Å².